The summed E-state index contributed by atoms with van der Waals surface area (Å²) in [5.74, 6) is -0.381. The van der Waals surface area contributed by atoms with Crippen LogP contribution in [0.3, 0.4) is 0 Å². The minimum atomic E-state index is -0.595. The van der Waals surface area contributed by atoms with Crippen LogP contribution in [0.1, 0.15) is 11.1 Å². The first-order valence-corrected chi connectivity index (χ1v) is 5.50. The number of aromatic nitrogens is 1. The molecule has 0 aliphatic heterocycles. The number of hydrogen-bond acceptors (Lipinski definition) is 3. The van der Waals surface area contributed by atoms with Crippen LogP contribution in [0.15, 0.2) is 36.5 Å². The van der Waals surface area contributed by atoms with E-state index in [-0.39, 0.29) is 17.9 Å². The highest BCUT2D eigenvalue weighted by molar-refractivity contribution is 6.29. The van der Waals surface area contributed by atoms with Gasteiger partial charge in [0.25, 0.3) is 0 Å². The Labute approximate surface area is 108 Å². The lowest BCUT2D eigenvalue weighted by Crippen LogP contribution is -1.99. The van der Waals surface area contributed by atoms with Crippen LogP contribution in [0.5, 0.6) is 5.75 Å². The van der Waals surface area contributed by atoms with Gasteiger partial charge in [0.2, 0.25) is 0 Å². The van der Waals surface area contributed by atoms with Crippen molar-refractivity contribution in [2.24, 2.45) is 0 Å². The number of rotatable bonds is 3. The van der Waals surface area contributed by atoms with Gasteiger partial charge in [0, 0.05) is 6.20 Å². The molecule has 2 aromatic rings. The summed E-state index contributed by atoms with van der Waals surface area (Å²) in [5.41, 5.74) is 0.695. The summed E-state index contributed by atoms with van der Waals surface area (Å²) >= 11 is 5.73. The molecule has 3 nitrogen and oxygen atoms in total. The fourth-order valence-electron chi connectivity index (χ4n) is 1.43. The molecule has 1 aromatic heterocycles. The van der Waals surface area contributed by atoms with E-state index < -0.39 is 5.82 Å². The van der Waals surface area contributed by atoms with Gasteiger partial charge in [-0.15, -0.1) is 0 Å². The van der Waals surface area contributed by atoms with E-state index in [1.165, 1.54) is 12.1 Å². The Morgan fingerprint density at radius 1 is 1.39 bits per heavy atom. The Morgan fingerprint density at radius 3 is 2.94 bits per heavy atom. The van der Waals surface area contributed by atoms with Gasteiger partial charge >= 0.3 is 0 Å². The molecular weight excluding hydrogens is 255 g/mol. The highest BCUT2D eigenvalue weighted by Crippen LogP contribution is 2.21. The molecule has 0 unspecified atom stereocenters. The maximum atomic E-state index is 13.3. The molecule has 0 saturated heterocycles. The van der Waals surface area contributed by atoms with Crippen LogP contribution >= 0.6 is 11.6 Å². The standard InChI is InChI=1S/C13H8ClFN2O/c14-13-6-9(4-5-17-13)8-18-12-3-1-2-11(15)10(12)7-16/h1-6H,8H2. The minimum Gasteiger partial charge on any atom is -0.487 e. The molecule has 1 heterocycles. The highest BCUT2D eigenvalue weighted by atomic mass is 35.5. The number of hydrogen-bond donors (Lipinski definition) is 0. The van der Waals surface area contributed by atoms with Crippen LogP contribution in [0.4, 0.5) is 4.39 Å². The van der Waals surface area contributed by atoms with Crippen LogP contribution in [-0.4, -0.2) is 4.98 Å². The molecule has 0 saturated carbocycles. The first kappa shape index (κ1) is 12.3. The molecule has 0 spiro atoms. The van der Waals surface area contributed by atoms with Gasteiger partial charge in [0.05, 0.1) is 0 Å². The van der Waals surface area contributed by atoms with E-state index in [2.05, 4.69) is 4.98 Å². The van der Waals surface area contributed by atoms with E-state index in [1.807, 2.05) is 0 Å². The molecule has 0 aliphatic rings. The van der Waals surface area contributed by atoms with Crippen molar-refractivity contribution >= 4 is 11.6 Å². The third-order valence-corrected chi connectivity index (χ3v) is 2.48. The van der Waals surface area contributed by atoms with Crippen molar-refractivity contribution in [3.63, 3.8) is 0 Å². The summed E-state index contributed by atoms with van der Waals surface area (Å²) in [4.78, 5) is 3.84. The highest BCUT2D eigenvalue weighted by Gasteiger charge is 2.08. The number of pyridine rings is 1. The molecule has 0 fully saturated rings. The predicted octanol–water partition coefficient (Wildman–Crippen LogP) is 3.32. The normalized spacial score (nSPS) is 9.83. The quantitative estimate of drug-likeness (QED) is 0.797. The van der Waals surface area contributed by atoms with Gasteiger partial charge in [-0.05, 0) is 29.8 Å². The number of nitriles is 1. The molecule has 0 radical (unpaired) electrons. The third-order valence-electron chi connectivity index (χ3n) is 2.27. The van der Waals surface area contributed by atoms with Crippen molar-refractivity contribution in [1.82, 2.24) is 4.98 Å². The van der Waals surface area contributed by atoms with E-state index in [0.717, 1.165) is 5.56 Å². The summed E-state index contributed by atoms with van der Waals surface area (Å²) in [6, 6.07) is 9.41. The van der Waals surface area contributed by atoms with Gasteiger partial charge < -0.3 is 4.74 Å². The van der Waals surface area contributed by atoms with Gasteiger partial charge in [-0.2, -0.15) is 5.26 Å². The Morgan fingerprint density at radius 2 is 2.22 bits per heavy atom. The van der Waals surface area contributed by atoms with E-state index >= 15 is 0 Å². The third kappa shape index (κ3) is 2.76. The summed E-state index contributed by atoms with van der Waals surface area (Å²) < 4.78 is 18.7. The minimum absolute atomic E-state index is 0.0994. The van der Waals surface area contributed by atoms with Gasteiger partial charge in [0.15, 0.2) is 0 Å². The number of ether oxygens (including phenoxy) is 1. The fourth-order valence-corrected chi connectivity index (χ4v) is 1.62. The van der Waals surface area contributed by atoms with E-state index in [4.69, 9.17) is 21.6 Å². The molecule has 2 rings (SSSR count). The smallest absolute Gasteiger partial charge is 0.144 e. The van der Waals surface area contributed by atoms with Crippen LogP contribution < -0.4 is 4.74 Å². The molecule has 0 aliphatic carbocycles. The SMILES string of the molecule is N#Cc1c(F)cccc1OCc1ccnc(Cl)c1. The van der Waals surface area contributed by atoms with Crippen molar-refractivity contribution in [3.05, 3.63) is 58.6 Å². The predicted molar refractivity (Wildman–Crippen MR) is 64.7 cm³/mol. The van der Waals surface area contributed by atoms with Gasteiger partial charge in [-0.3, -0.25) is 0 Å². The number of benzene rings is 1. The molecule has 1 aromatic carbocycles. The lowest BCUT2D eigenvalue weighted by Gasteiger charge is -2.08. The Hall–Kier alpha value is -2.12. The lowest BCUT2D eigenvalue weighted by atomic mass is 10.2. The van der Waals surface area contributed by atoms with E-state index in [0.29, 0.717) is 5.15 Å². The molecule has 0 bridgehead atoms. The molecular formula is C13H8ClFN2O. The molecule has 0 N–H and O–H groups in total. The largest absolute Gasteiger partial charge is 0.487 e. The van der Waals surface area contributed by atoms with Gasteiger partial charge in [-0.1, -0.05) is 17.7 Å². The first-order valence-electron chi connectivity index (χ1n) is 5.12. The van der Waals surface area contributed by atoms with E-state index in [1.54, 1.807) is 30.5 Å². The first-order chi connectivity index (χ1) is 8.70. The zero-order chi connectivity index (χ0) is 13.0. The Bertz CT molecular complexity index is 610. The second kappa shape index (κ2) is 5.48. The van der Waals surface area contributed by atoms with Crippen LogP contribution in [0, 0.1) is 17.1 Å². The summed E-state index contributed by atoms with van der Waals surface area (Å²) in [6.07, 6.45) is 1.55. The topological polar surface area (TPSA) is 45.9 Å². The maximum absolute atomic E-state index is 13.3. The average Bonchev–Trinajstić information content (AvgIpc) is 2.36. The van der Waals surface area contributed by atoms with Crippen molar-refractivity contribution in [2.75, 3.05) is 0 Å². The van der Waals surface area contributed by atoms with Crippen molar-refractivity contribution < 1.29 is 9.13 Å². The Kier molecular flexibility index (Phi) is 3.75. The molecule has 18 heavy (non-hydrogen) atoms. The lowest BCUT2D eigenvalue weighted by molar-refractivity contribution is 0.303. The number of nitrogens with zero attached hydrogens (tertiary/aromatic N) is 2. The van der Waals surface area contributed by atoms with Crippen molar-refractivity contribution in [1.29, 1.82) is 5.26 Å². The second-order valence-electron chi connectivity index (χ2n) is 3.50. The molecule has 90 valence electrons. The Balaban J connectivity index is 2.16. The summed E-state index contributed by atoms with van der Waals surface area (Å²) in [6.45, 7) is 0.195. The average molecular weight is 263 g/mol. The van der Waals surface area contributed by atoms with Gasteiger partial charge in [-0.25, -0.2) is 9.37 Å². The number of halogens is 2. The fraction of sp³-hybridized carbons (Fsp3) is 0.0769. The van der Waals surface area contributed by atoms with Gasteiger partial charge in [0.1, 0.15) is 35.0 Å². The molecule has 5 heteroatoms. The van der Waals surface area contributed by atoms with Crippen LogP contribution in [-0.2, 0) is 6.61 Å². The van der Waals surface area contributed by atoms with E-state index in [9.17, 15) is 4.39 Å². The monoisotopic (exact) mass is 262 g/mol. The zero-order valence-corrected chi connectivity index (χ0v) is 9.99. The van der Waals surface area contributed by atoms with Crippen molar-refractivity contribution in [3.8, 4) is 11.8 Å². The second-order valence-corrected chi connectivity index (χ2v) is 3.89. The summed E-state index contributed by atoms with van der Waals surface area (Å²) in [7, 11) is 0. The maximum Gasteiger partial charge on any atom is 0.144 e. The molecule has 0 atom stereocenters. The molecule has 0 amide bonds. The van der Waals surface area contributed by atoms with Crippen LogP contribution in [0.2, 0.25) is 5.15 Å². The zero-order valence-electron chi connectivity index (χ0n) is 9.23. The van der Waals surface area contributed by atoms with Crippen molar-refractivity contribution in [2.45, 2.75) is 6.61 Å². The summed E-state index contributed by atoms with van der Waals surface area (Å²) in [5, 5.41) is 9.20. The van der Waals surface area contributed by atoms with Crippen LogP contribution in [0.25, 0.3) is 0 Å².